The second-order valence-electron chi connectivity index (χ2n) is 4.86. The molecule has 1 fully saturated rings. The second-order valence-corrected chi connectivity index (χ2v) is 6.02. The predicted octanol–water partition coefficient (Wildman–Crippen LogP) is 3.63. The molecule has 1 aromatic rings. The van der Waals surface area contributed by atoms with Gasteiger partial charge in [0.1, 0.15) is 0 Å². The van der Waals surface area contributed by atoms with Gasteiger partial charge in [-0.3, -0.25) is 0 Å². The summed E-state index contributed by atoms with van der Waals surface area (Å²) in [6.07, 6.45) is 4.18. The summed E-state index contributed by atoms with van der Waals surface area (Å²) in [7, 11) is 2.00. The first kappa shape index (κ1) is 13.9. The van der Waals surface area contributed by atoms with Crippen LogP contribution in [-0.4, -0.2) is 25.5 Å². The Hall–Kier alpha value is -0.510. The Morgan fingerprint density at radius 3 is 3.11 bits per heavy atom. The number of hydrogen-bond acceptors (Lipinski definition) is 3. The zero-order valence-electron chi connectivity index (χ0n) is 11.3. The maximum atomic E-state index is 5.65. The lowest BCUT2D eigenvalue weighted by Crippen LogP contribution is -2.12. The number of benzene rings is 1. The highest BCUT2D eigenvalue weighted by Crippen LogP contribution is 2.25. The first-order chi connectivity index (χ1) is 8.79. The van der Waals surface area contributed by atoms with Gasteiger partial charge in [0, 0.05) is 23.3 Å². The first-order valence-corrected chi connectivity index (χ1v) is 7.80. The van der Waals surface area contributed by atoms with Crippen LogP contribution >= 0.6 is 11.8 Å². The average Bonchev–Trinajstić information content (AvgIpc) is 2.91. The van der Waals surface area contributed by atoms with E-state index < -0.39 is 0 Å². The molecule has 0 aliphatic carbocycles. The molecule has 18 heavy (non-hydrogen) atoms. The Bertz CT molecular complexity index is 363. The molecule has 2 atom stereocenters. The molecule has 100 valence electrons. The van der Waals surface area contributed by atoms with Crippen LogP contribution in [0.3, 0.4) is 0 Å². The van der Waals surface area contributed by atoms with E-state index in [2.05, 4.69) is 36.5 Å². The molecule has 2 nitrogen and oxygen atoms in total. The first-order valence-electron chi connectivity index (χ1n) is 6.81. The van der Waals surface area contributed by atoms with Gasteiger partial charge < -0.3 is 10.1 Å². The predicted molar refractivity (Wildman–Crippen MR) is 78.2 cm³/mol. The van der Waals surface area contributed by atoms with E-state index in [1.165, 1.54) is 29.7 Å². The molecule has 0 spiro atoms. The number of rotatable bonds is 6. The van der Waals surface area contributed by atoms with Crippen LogP contribution in [0, 0.1) is 0 Å². The summed E-state index contributed by atoms with van der Waals surface area (Å²) in [6, 6.07) is 9.25. The summed E-state index contributed by atoms with van der Waals surface area (Å²) >= 11 is 1.94. The van der Waals surface area contributed by atoms with Crippen LogP contribution in [0.2, 0.25) is 0 Å². The van der Waals surface area contributed by atoms with Crippen LogP contribution in [0.15, 0.2) is 29.2 Å². The normalized spacial score (nSPS) is 21.1. The van der Waals surface area contributed by atoms with E-state index in [0.717, 1.165) is 12.4 Å². The van der Waals surface area contributed by atoms with Crippen molar-refractivity contribution in [2.75, 3.05) is 19.4 Å². The van der Waals surface area contributed by atoms with Gasteiger partial charge in [-0.25, -0.2) is 0 Å². The summed E-state index contributed by atoms with van der Waals surface area (Å²) in [5.41, 5.74) is 1.36. The van der Waals surface area contributed by atoms with Crippen molar-refractivity contribution in [1.29, 1.82) is 0 Å². The number of ether oxygens (including phenoxy) is 1. The van der Waals surface area contributed by atoms with E-state index >= 15 is 0 Å². The molecule has 0 saturated carbocycles. The van der Waals surface area contributed by atoms with E-state index in [1.54, 1.807) is 0 Å². The summed E-state index contributed by atoms with van der Waals surface area (Å²) in [6.45, 7) is 3.15. The Labute approximate surface area is 114 Å². The van der Waals surface area contributed by atoms with Gasteiger partial charge in [-0.1, -0.05) is 12.1 Å². The fourth-order valence-corrected chi connectivity index (χ4v) is 3.23. The molecule has 1 saturated heterocycles. The van der Waals surface area contributed by atoms with Crippen LogP contribution < -0.4 is 5.32 Å². The molecule has 0 amide bonds. The van der Waals surface area contributed by atoms with Gasteiger partial charge in [0.15, 0.2) is 0 Å². The van der Waals surface area contributed by atoms with E-state index in [4.69, 9.17) is 4.74 Å². The minimum absolute atomic E-state index is 0.420. The molecular formula is C15H23NOS. The van der Waals surface area contributed by atoms with Crippen LogP contribution in [0.4, 0.5) is 0 Å². The Balaban J connectivity index is 1.81. The number of nitrogens with one attached hydrogen (secondary N) is 1. The third-order valence-electron chi connectivity index (χ3n) is 3.52. The minimum Gasteiger partial charge on any atom is -0.378 e. The quantitative estimate of drug-likeness (QED) is 0.794. The van der Waals surface area contributed by atoms with E-state index in [0.29, 0.717) is 12.1 Å². The summed E-state index contributed by atoms with van der Waals surface area (Å²) < 4.78 is 5.65. The zero-order valence-corrected chi connectivity index (χ0v) is 12.1. The van der Waals surface area contributed by atoms with Crippen molar-refractivity contribution in [2.24, 2.45) is 0 Å². The van der Waals surface area contributed by atoms with Crippen molar-refractivity contribution in [1.82, 2.24) is 5.32 Å². The standard InChI is InChI=1S/C15H23NOS/c1-12(16-2)13-5-3-7-15(11-13)18-10-8-14-6-4-9-17-14/h3,5,7,11-12,14,16H,4,6,8-10H2,1-2H3. The monoisotopic (exact) mass is 265 g/mol. The third kappa shape index (κ3) is 4.01. The molecule has 2 unspecified atom stereocenters. The van der Waals surface area contributed by atoms with Crippen LogP contribution in [-0.2, 0) is 4.74 Å². The van der Waals surface area contributed by atoms with Gasteiger partial charge in [-0.05, 0) is 50.9 Å². The Kier molecular flexibility index (Phi) is 5.54. The van der Waals surface area contributed by atoms with Crippen molar-refractivity contribution in [3.05, 3.63) is 29.8 Å². The lowest BCUT2D eigenvalue weighted by Gasteiger charge is -2.12. The summed E-state index contributed by atoms with van der Waals surface area (Å²) in [5, 5.41) is 3.28. The molecule has 1 aromatic carbocycles. The van der Waals surface area contributed by atoms with Gasteiger partial charge in [-0.2, -0.15) is 0 Å². The average molecular weight is 265 g/mol. The van der Waals surface area contributed by atoms with Gasteiger partial charge in [-0.15, -0.1) is 11.8 Å². The topological polar surface area (TPSA) is 21.3 Å². The van der Waals surface area contributed by atoms with Crippen molar-refractivity contribution in [2.45, 2.75) is 43.2 Å². The number of thioether (sulfide) groups is 1. The van der Waals surface area contributed by atoms with E-state index in [9.17, 15) is 0 Å². The molecule has 0 aromatic heterocycles. The SMILES string of the molecule is CNC(C)c1cccc(SCCC2CCCO2)c1. The molecule has 3 heteroatoms. The highest BCUT2D eigenvalue weighted by atomic mass is 32.2. The fraction of sp³-hybridized carbons (Fsp3) is 0.600. The summed E-state index contributed by atoms with van der Waals surface area (Å²) in [5.74, 6) is 1.15. The Morgan fingerprint density at radius 1 is 1.50 bits per heavy atom. The highest BCUT2D eigenvalue weighted by molar-refractivity contribution is 7.99. The van der Waals surface area contributed by atoms with Gasteiger partial charge in [0.2, 0.25) is 0 Å². The van der Waals surface area contributed by atoms with Gasteiger partial charge in [0.05, 0.1) is 6.10 Å². The van der Waals surface area contributed by atoms with Gasteiger partial charge in [0.25, 0.3) is 0 Å². The molecule has 1 N–H and O–H groups in total. The van der Waals surface area contributed by atoms with Crippen molar-refractivity contribution in [3.63, 3.8) is 0 Å². The van der Waals surface area contributed by atoms with Crippen LogP contribution in [0.5, 0.6) is 0 Å². The second kappa shape index (κ2) is 7.17. The molecule has 1 aliphatic rings. The smallest absolute Gasteiger partial charge is 0.0584 e. The van der Waals surface area contributed by atoms with Crippen LogP contribution in [0.1, 0.15) is 37.8 Å². The maximum absolute atomic E-state index is 5.65. The third-order valence-corrected chi connectivity index (χ3v) is 4.55. The number of hydrogen-bond donors (Lipinski definition) is 1. The molecule has 2 rings (SSSR count). The van der Waals surface area contributed by atoms with Crippen molar-refractivity contribution in [3.8, 4) is 0 Å². The minimum atomic E-state index is 0.420. The van der Waals surface area contributed by atoms with Crippen molar-refractivity contribution < 1.29 is 4.74 Å². The molecule has 1 aliphatic heterocycles. The lowest BCUT2D eigenvalue weighted by atomic mass is 10.1. The Morgan fingerprint density at radius 2 is 2.39 bits per heavy atom. The lowest BCUT2D eigenvalue weighted by molar-refractivity contribution is 0.109. The zero-order chi connectivity index (χ0) is 12.8. The largest absolute Gasteiger partial charge is 0.378 e. The molecular weight excluding hydrogens is 242 g/mol. The molecule has 0 radical (unpaired) electrons. The summed E-state index contributed by atoms with van der Waals surface area (Å²) in [4.78, 5) is 1.37. The molecule has 0 bridgehead atoms. The van der Waals surface area contributed by atoms with Gasteiger partial charge >= 0.3 is 0 Å². The van der Waals surface area contributed by atoms with Crippen LogP contribution in [0.25, 0.3) is 0 Å². The van der Waals surface area contributed by atoms with E-state index in [1.807, 2.05) is 18.8 Å². The van der Waals surface area contributed by atoms with Crippen molar-refractivity contribution >= 4 is 11.8 Å². The maximum Gasteiger partial charge on any atom is 0.0584 e. The highest BCUT2D eigenvalue weighted by Gasteiger charge is 2.14. The van der Waals surface area contributed by atoms with E-state index in [-0.39, 0.29) is 0 Å². The molecule has 1 heterocycles. The fourth-order valence-electron chi connectivity index (χ4n) is 2.22.